The van der Waals surface area contributed by atoms with Crippen LogP contribution in [0.3, 0.4) is 0 Å². The molecule has 32 heavy (non-hydrogen) atoms. The number of nitrogens with two attached hydrogens (primary N) is 1. The fourth-order valence-corrected chi connectivity index (χ4v) is 3.79. The minimum atomic E-state index is -4.74. The van der Waals surface area contributed by atoms with Crippen LogP contribution >= 0.6 is 23.1 Å². The molecule has 0 bridgehead atoms. The predicted octanol–water partition coefficient (Wildman–Crippen LogP) is 6.15. The Morgan fingerprint density at radius 2 is 1.91 bits per heavy atom. The lowest BCUT2D eigenvalue weighted by Crippen LogP contribution is -2.34. The van der Waals surface area contributed by atoms with E-state index in [2.05, 4.69) is 15.0 Å². The largest absolute Gasteiger partial charge is 0.492 e. The van der Waals surface area contributed by atoms with Gasteiger partial charge in [0, 0.05) is 6.04 Å². The van der Waals surface area contributed by atoms with Crippen molar-refractivity contribution in [1.82, 2.24) is 9.69 Å². The molecule has 12 heteroatoms. The summed E-state index contributed by atoms with van der Waals surface area (Å²) in [5.41, 5.74) is 4.85. The smallest absolute Gasteiger partial charge is 0.418 e. The fraction of sp³-hybridized carbons (Fsp3) is 0.250. The van der Waals surface area contributed by atoms with Gasteiger partial charge >= 0.3 is 6.18 Å². The van der Waals surface area contributed by atoms with Crippen molar-refractivity contribution < 1.29 is 27.4 Å². The standard InChI is InChI=1S/C20H19ClF4N4O2S/c1-9(2)27-17(26)16-18(30)29-32-19(16)28-14-5-4-11(8-12(14)20(23,24)25)31-15-6-3-10(22)7-13(15)21/h3-9,17,27-28H,26H2,1-2H3,(H,29,30). The monoisotopic (exact) mass is 490 g/mol. The maximum absolute atomic E-state index is 13.8. The molecule has 0 spiro atoms. The number of rotatable bonds is 7. The minimum Gasteiger partial charge on any atom is -0.492 e. The quantitative estimate of drug-likeness (QED) is 0.234. The number of halogens is 5. The van der Waals surface area contributed by atoms with Gasteiger partial charge < -0.3 is 20.9 Å². The highest BCUT2D eigenvalue weighted by Gasteiger charge is 2.35. The Balaban J connectivity index is 1.94. The molecule has 1 unspecified atom stereocenters. The number of ether oxygens (including phenoxy) is 1. The van der Waals surface area contributed by atoms with Gasteiger partial charge in [-0.25, -0.2) is 4.39 Å². The molecule has 0 aliphatic rings. The summed E-state index contributed by atoms with van der Waals surface area (Å²) in [7, 11) is 0. The molecule has 5 N–H and O–H groups in total. The number of anilines is 2. The maximum Gasteiger partial charge on any atom is 0.418 e. The molecule has 1 heterocycles. The molecule has 0 amide bonds. The summed E-state index contributed by atoms with van der Waals surface area (Å²) >= 11 is 6.66. The van der Waals surface area contributed by atoms with E-state index in [1.54, 1.807) is 0 Å². The number of aromatic hydroxyl groups is 1. The van der Waals surface area contributed by atoms with E-state index in [1.165, 1.54) is 12.1 Å². The van der Waals surface area contributed by atoms with Gasteiger partial charge in [-0.3, -0.25) is 5.32 Å². The van der Waals surface area contributed by atoms with Crippen LogP contribution in [-0.4, -0.2) is 15.5 Å². The summed E-state index contributed by atoms with van der Waals surface area (Å²) in [6.07, 6.45) is -5.59. The normalized spacial score (nSPS) is 12.8. The lowest BCUT2D eigenvalue weighted by Gasteiger charge is -2.19. The number of hydrogen-bond donors (Lipinski definition) is 4. The molecule has 1 atom stereocenters. The third-order valence-corrected chi connectivity index (χ3v) is 5.26. The van der Waals surface area contributed by atoms with Crippen molar-refractivity contribution in [3.05, 3.63) is 58.4 Å². The second-order valence-corrected chi connectivity index (χ2v) is 8.24. The molecule has 0 radical (unpaired) electrons. The van der Waals surface area contributed by atoms with Crippen molar-refractivity contribution in [2.45, 2.75) is 32.2 Å². The van der Waals surface area contributed by atoms with Crippen molar-refractivity contribution in [1.29, 1.82) is 0 Å². The molecular weight excluding hydrogens is 472 g/mol. The summed E-state index contributed by atoms with van der Waals surface area (Å²) in [4.78, 5) is 0. The fourth-order valence-electron chi connectivity index (χ4n) is 2.84. The average molecular weight is 491 g/mol. The molecule has 1 aromatic heterocycles. The third-order valence-electron chi connectivity index (χ3n) is 4.20. The Labute approximate surface area is 190 Å². The highest BCUT2D eigenvalue weighted by Crippen LogP contribution is 2.42. The molecule has 0 saturated carbocycles. The number of hydrogen-bond acceptors (Lipinski definition) is 7. The molecule has 2 aromatic carbocycles. The highest BCUT2D eigenvalue weighted by atomic mass is 35.5. The average Bonchev–Trinajstić information content (AvgIpc) is 3.04. The van der Waals surface area contributed by atoms with Crippen molar-refractivity contribution in [3.8, 4) is 17.4 Å². The zero-order valence-corrected chi connectivity index (χ0v) is 18.4. The van der Waals surface area contributed by atoms with Crippen molar-refractivity contribution in [2.24, 2.45) is 5.73 Å². The first kappa shape index (κ1) is 24.1. The van der Waals surface area contributed by atoms with Crippen LogP contribution in [0, 0.1) is 5.82 Å². The summed E-state index contributed by atoms with van der Waals surface area (Å²) in [5.74, 6) is -1.13. The van der Waals surface area contributed by atoms with Crippen LogP contribution in [0.25, 0.3) is 0 Å². The highest BCUT2D eigenvalue weighted by molar-refractivity contribution is 7.10. The molecule has 172 valence electrons. The van der Waals surface area contributed by atoms with Crippen molar-refractivity contribution in [3.63, 3.8) is 0 Å². The number of nitrogens with zero attached hydrogens (tertiary/aromatic N) is 1. The number of aromatic nitrogens is 1. The van der Waals surface area contributed by atoms with E-state index in [0.29, 0.717) is 0 Å². The molecule has 0 saturated heterocycles. The first-order chi connectivity index (χ1) is 15.0. The molecule has 0 fully saturated rings. The van der Waals surface area contributed by atoms with Gasteiger partial charge in [-0.05, 0) is 61.8 Å². The third kappa shape index (κ3) is 5.60. The number of benzene rings is 2. The Bertz CT molecular complexity index is 1110. The van der Waals surface area contributed by atoms with Crippen LogP contribution in [0.15, 0.2) is 36.4 Å². The molecular formula is C20H19ClF4N4O2S. The van der Waals surface area contributed by atoms with E-state index in [1.807, 2.05) is 13.8 Å². The van der Waals surface area contributed by atoms with Gasteiger partial charge in [0.25, 0.3) is 0 Å². The molecule has 0 aliphatic heterocycles. The Hall–Kier alpha value is -2.60. The second-order valence-electron chi connectivity index (χ2n) is 7.05. The first-order valence-electron chi connectivity index (χ1n) is 9.27. The SMILES string of the molecule is CC(C)NC(N)c1c(O)nsc1Nc1ccc(Oc2ccc(F)cc2Cl)cc1C(F)(F)F. The van der Waals surface area contributed by atoms with E-state index in [0.717, 1.165) is 35.8 Å². The zero-order chi connectivity index (χ0) is 23.6. The molecule has 6 nitrogen and oxygen atoms in total. The van der Waals surface area contributed by atoms with E-state index in [9.17, 15) is 22.7 Å². The van der Waals surface area contributed by atoms with E-state index in [4.69, 9.17) is 22.1 Å². The maximum atomic E-state index is 13.8. The lowest BCUT2D eigenvalue weighted by molar-refractivity contribution is -0.137. The van der Waals surface area contributed by atoms with Gasteiger partial charge in [-0.15, -0.1) is 0 Å². The van der Waals surface area contributed by atoms with Gasteiger partial charge in [-0.2, -0.15) is 17.5 Å². The van der Waals surface area contributed by atoms with Crippen molar-refractivity contribution in [2.75, 3.05) is 5.32 Å². The zero-order valence-electron chi connectivity index (χ0n) is 16.8. The van der Waals surface area contributed by atoms with Gasteiger partial charge in [-0.1, -0.05) is 11.6 Å². The summed E-state index contributed by atoms with van der Waals surface area (Å²) in [6.45, 7) is 3.66. The molecule has 3 aromatic rings. The van der Waals surface area contributed by atoms with Gasteiger partial charge in [0.05, 0.1) is 28.0 Å². The van der Waals surface area contributed by atoms with E-state index in [-0.39, 0.29) is 44.7 Å². The Kier molecular flexibility index (Phi) is 7.13. The van der Waals surface area contributed by atoms with E-state index < -0.39 is 23.7 Å². The van der Waals surface area contributed by atoms with Gasteiger partial charge in [0.2, 0.25) is 5.88 Å². The van der Waals surface area contributed by atoms with Crippen LogP contribution in [0.5, 0.6) is 17.4 Å². The van der Waals surface area contributed by atoms with Crippen LogP contribution in [0.2, 0.25) is 5.02 Å². The van der Waals surface area contributed by atoms with Crippen molar-refractivity contribution >= 4 is 33.8 Å². The Morgan fingerprint density at radius 3 is 2.53 bits per heavy atom. The van der Waals surface area contributed by atoms with Crippen LogP contribution in [-0.2, 0) is 6.18 Å². The molecule has 3 rings (SSSR count). The van der Waals surface area contributed by atoms with Gasteiger partial charge in [0.1, 0.15) is 22.3 Å². The number of alkyl halides is 3. The Morgan fingerprint density at radius 1 is 1.19 bits per heavy atom. The van der Waals surface area contributed by atoms with Crippen LogP contribution < -0.4 is 21.1 Å². The predicted molar refractivity (Wildman–Crippen MR) is 115 cm³/mol. The van der Waals surface area contributed by atoms with Crippen LogP contribution in [0.1, 0.15) is 31.1 Å². The minimum absolute atomic E-state index is 0.00213. The first-order valence-corrected chi connectivity index (χ1v) is 10.4. The summed E-state index contributed by atoms with van der Waals surface area (Å²) in [5, 5.41) is 15.7. The summed E-state index contributed by atoms with van der Waals surface area (Å²) < 4.78 is 63.7. The molecule has 0 aliphatic carbocycles. The van der Waals surface area contributed by atoms with Gasteiger partial charge in [0.15, 0.2) is 0 Å². The number of nitrogens with one attached hydrogen (secondary N) is 2. The van der Waals surface area contributed by atoms with Crippen LogP contribution in [0.4, 0.5) is 28.3 Å². The van der Waals surface area contributed by atoms with E-state index >= 15 is 0 Å². The lowest BCUT2D eigenvalue weighted by atomic mass is 10.1. The second kappa shape index (κ2) is 9.49. The summed E-state index contributed by atoms with van der Waals surface area (Å²) in [6, 6.07) is 6.48. The topological polar surface area (TPSA) is 92.4 Å².